The highest BCUT2D eigenvalue weighted by molar-refractivity contribution is 5.85. The van der Waals surface area contributed by atoms with E-state index in [0.717, 1.165) is 5.69 Å². The second-order valence-electron chi connectivity index (χ2n) is 3.86. The molecule has 19 heavy (non-hydrogen) atoms. The Hall–Kier alpha value is -2.87. The predicted octanol–water partition coefficient (Wildman–Crippen LogP) is 2.26. The maximum absolute atomic E-state index is 10.8. The smallest absolute Gasteiger partial charge is 0.354 e. The highest BCUT2D eigenvalue weighted by atomic mass is 16.4. The molecule has 2 aromatic rings. The van der Waals surface area contributed by atoms with Crippen molar-refractivity contribution in [3.8, 4) is 6.07 Å². The van der Waals surface area contributed by atoms with Gasteiger partial charge >= 0.3 is 5.97 Å². The number of carboxylic acid groups (broad SMARTS) is 1. The van der Waals surface area contributed by atoms with Crippen LogP contribution in [0.4, 0.5) is 5.69 Å². The summed E-state index contributed by atoms with van der Waals surface area (Å²) in [6.07, 6.45) is 0. The molecule has 1 aromatic carbocycles. The van der Waals surface area contributed by atoms with Gasteiger partial charge in [-0.25, -0.2) is 9.78 Å². The number of nitrogens with one attached hydrogen (secondary N) is 1. The number of carboxylic acids is 1. The van der Waals surface area contributed by atoms with Gasteiger partial charge in [0.2, 0.25) is 0 Å². The Labute approximate surface area is 110 Å². The molecule has 0 fully saturated rings. The molecule has 2 N–H and O–H groups in total. The van der Waals surface area contributed by atoms with Gasteiger partial charge < -0.3 is 10.4 Å². The molecule has 94 valence electrons. The zero-order valence-electron chi connectivity index (χ0n) is 10.00. The number of benzene rings is 1. The summed E-state index contributed by atoms with van der Waals surface area (Å²) in [5.74, 6) is -1.04. The van der Waals surface area contributed by atoms with Gasteiger partial charge in [-0.15, -0.1) is 0 Å². The van der Waals surface area contributed by atoms with Crippen molar-refractivity contribution in [1.29, 1.82) is 5.26 Å². The molecule has 0 saturated carbocycles. The quantitative estimate of drug-likeness (QED) is 0.872. The number of hydrogen-bond donors (Lipinski definition) is 2. The van der Waals surface area contributed by atoms with E-state index in [4.69, 9.17) is 10.4 Å². The number of aromatic carboxylic acids is 1. The van der Waals surface area contributed by atoms with Crippen LogP contribution in [0, 0.1) is 11.3 Å². The lowest BCUT2D eigenvalue weighted by molar-refractivity contribution is 0.0690. The molecule has 0 radical (unpaired) electrons. The molecule has 5 heteroatoms. The normalized spacial score (nSPS) is 9.63. The highest BCUT2D eigenvalue weighted by Gasteiger charge is 2.04. The molecule has 0 saturated heterocycles. The number of pyridine rings is 1. The van der Waals surface area contributed by atoms with Gasteiger partial charge in [-0.05, 0) is 36.4 Å². The molecule has 1 aromatic heterocycles. The van der Waals surface area contributed by atoms with Gasteiger partial charge in [0, 0.05) is 5.69 Å². The zero-order chi connectivity index (χ0) is 13.7. The molecule has 5 nitrogen and oxygen atoms in total. The Kier molecular flexibility index (Phi) is 3.74. The van der Waals surface area contributed by atoms with Crippen LogP contribution in [-0.4, -0.2) is 16.1 Å². The summed E-state index contributed by atoms with van der Waals surface area (Å²) >= 11 is 0. The van der Waals surface area contributed by atoms with E-state index in [1.165, 1.54) is 6.07 Å². The first kappa shape index (κ1) is 12.6. The molecule has 0 aliphatic heterocycles. The molecule has 0 spiro atoms. The lowest BCUT2D eigenvalue weighted by atomic mass is 10.2. The third kappa shape index (κ3) is 3.30. The van der Waals surface area contributed by atoms with Crippen LogP contribution in [0.3, 0.4) is 0 Å². The van der Waals surface area contributed by atoms with Crippen molar-refractivity contribution < 1.29 is 9.90 Å². The van der Waals surface area contributed by atoms with Crippen molar-refractivity contribution >= 4 is 11.7 Å². The van der Waals surface area contributed by atoms with Crippen LogP contribution in [0.5, 0.6) is 0 Å². The van der Waals surface area contributed by atoms with Gasteiger partial charge in [-0.3, -0.25) is 0 Å². The predicted molar refractivity (Wildman–Crippen MR) is 69.7 cm³/mol. The molecular weight excluding hydrogens is 242 g/mol. The zero-order valence-corrected chi connectivity index (χ0v) is 10.00. The van der Waals surface area contributed by atoms with Gasteiger partial charge in [0.25, 0.3) is 0 Å². The standard InChI is InChI=1S/C14H11N3O2/c15-8-10-4-6-11(7-5-10)16-9-12-2-1-3-13(17-12)14(18)19/h1-7,16H,9H2,(H,18,19). The van der Waals surface area contributed by atoms with E-state index in [0.29, 0.717) is 17.8 Å². The van der Waals surface area contributed by atoms with Crippen LogP contribution in [0.1, 0.15) is 21.7 Å². The van der Waals surface area contributed by atoms with Crippen LogP contribution in [-0.2, 0) is 6.54 Å². The van der Waals surface area contributed by atoms with E-state index in [-0.39, 0.29) is 5.69 Å². The van der Waals surface area contributed by atoms with Crippen molar-refractivity contribution in [3.63, 3.8) is 0 Å². The highest BCUT2D eigenvalue weighted by Crippen LogP contribution is 2.10. The molecule has 1 heterocycles. The van der Waals surface area contributed by atoms with Crippen LogP contribution < -0.4 is 5.32 Å². The number of hydrogen-bond acceptors (Lipinski definition) is 4. The van der Waals surface area contributed by atoms with Crippen molar-refractivity contribution in [2.75, 3.05) is 5.32 Å². The van der Waals surface area contributed by atoms with Crippen molar-refractivity contribution in [3.05, 3.63) is 59.4 Å². The molecule has 0 aliphatic rings. The molecule has 2 rings (SSSR count). The van der Waals surface area contributed by atoms with Crippen LogP contribution >= 0.6 is 0 Å². The third-order valence-electron chi connectivity index (χ3n) is 2.51. The maximum Gasteiger partial charge on any atom is 0.354 e. The first-order valence-electron chi connectivity index (χ1n) is 5.62. The number of nitrogens with zero attached hydrogens (tertiary/aromatic N) is 2. The van der Waals surface area contributed by atoms with Gasteiger partial charge in [-0.2, -0.15) is 5.26 Å². The Morgan fingerprint density at radius 3 is 2.63 bits per heavy atom. The largest absolute Gasteiger partial charge is 0.477 e. The minimum Gasteiger partial charge on any atom is -0.477 e. The second kappa shape index (κ2) is 5.65. The van der Waals surface area contributed by atoms with Gasteiger partial charge in [-0.1, -0.05) is 6.07 Å². The van der Waals surface area contributed by atoms with E-state index in [2.05, 4.69) is 10.3 Å². The fourth-order valence-electron chi connectivity index (χ4n) is 1.55. The number of aromatic nitrogens is 1. The van der Waals surface area contributed by atoms with E-state index < -0.39 is 5.97 Å². The molecule has 0 aliphatic carbocycles. The summed E-state index contributed by atoms with van der Waals surface area (Å²) in [5, 5.41) is 20.6. The first-order chi connectivity index (χ1) is 9.19. The fraction of sp³-hybridized carbons (Fsp3) is 0.0714. The molecule has 0 atom stereocenters. The van der Waals surface area contributed by atoms with Crippen LogP contribution in [0.2, 0.25) is 0 Å². The Bertz CT molecular complexity index is 630. The SMILES string of the molecule is N#Cc1ccc(NCc2cccc(C(=O)O)n2)cc1. The minimum atomic E-state index is -1.04. The lowest BCUT2D eigenvalue weighted by Crippen LogP contribution is -2.06. The monoisotopic (exact) mass is 253 g/mol. The Morgan fingerprint density at radius 1 is 1.26 bits per heavy atom. The van der Waals surface area contributed by atoms with Gasteiger partial charge in [0.1, 0.15) is 5.69 Å². The summed E-state index contributed by atoms with van der Waals surface area (Å²) in [6, 6.07) is 13.9. The topological polar surface area (TPSA) is 86.0 Å². The summed E-state index contributed by atoms with van der Waals surface area (Å²) in [4.78, 5) is 14.8. The summed E-state index contributed by atoms with van der Waals surface area (Å²) in [5.41, 5.74) is 2.11. The average molecular weight is 253 g/mol. The van der Waals surface area contributed by atoms with Crippen LogP contribution in [0.25, 0.3) is 0 Å². The fourth-order valence-corrected chi connectivity index (χ4v) is 1.55. The summed E-state index contributed by atoms with van der Waals surface area (Å²) in [7, 11) is 0. The number of carbonyl (C=O) groups is 1. The number of rotatable bonds is 4. The lowest BCUT2D eigenvalue weighted by Gasteiger charge is -2.06. The summed E-state index contributed by atoms with van der Waals surface area (Å²) < 4.78 is 0. The Morgan fingerprint density at radius 2 is 2.00 bits per heavy atom. The van der Waals surface area contributed by atoms with Crippen molar-refractivity contribution in [2.24, 2.45) is 0 Å². The van der Waals surface area contributed by atoms with Gasteiger partial charge in [0.15, 0.2) is 0 Å². The first-order valence-corrected chi connectivity index (χ1v) is 5.62. The molecule has 0 bridgehead atoms. The minimum absolute atomic E-state index is 0.0270. The van der Waals surface area contributed by atoms with Gasteiger partial charge in [0.05, 0.1) is 23.9 Å². The molecule has 0 amide bonds. The molecule has 0 unspecified atom stereocenters. The van der Waals surface area contributed by atoms with E-state index >= 15 is 0 Å². The second-order valence-corrected chi connectivity index (χ2v) is 3.86. The summed E-state index contributed by atoms with van der Waals surface area (Å²) in [6.45, 7) is 0.424. The maximum atomic E-state index is 10.8. The van der Waals surface area contributed by atoms with Crippen LogP contribution in [0.15, 0.2) is 42.5 Å². The molecular formula is C14H11N3O2. The Balaban J connectivity index is 2.03. The van der Waals surface area contributed by atoms with Crippen molar-refractivity contribution in [1.82, 2.24) is 4.98 Å². The van der Waals surface area contributed by atoms with E-state index in [9.17, 15) is 4.79 Å². The third-order valence-corrected chi connectivity index (χ3v) is 2.51. The van der Waals surface area contributed by atoms with E-state index in [1.807, 2.05) is 6.07 Å². The van der Waals surface area contributed by atoms with Crippen molar-refractivity contribution in [2.45, 2.75) is 6.54 Å². The number of nitriles is 1. The number of anilines is 1. The van der Waals surface area contributed by atoms with E-state index in [1.54, 1.807) is 36.4 Å². The average Bonchev–Trinajstić information content (AvgIpc) is 2.46.